The first-order chi connectivity index (χ1) is 13.0. The largest absolute Gasteiger partial charge is 0.497 e. The first-order valence-electron chi connectivity index (χ1n) is 8.70. The van der Waals surface area contributed by atoms with Crippen LogP contribution in [0.15, 0.2) is 53.4 Å². The third-order valence-electron chi connectivity index (χ3n) is 3.80. The molecule has 0 saturated carbocycles. The Hall–Kier alpha value is -2.74. The second-order valence-electron chi connectivity index (χ2n) is 7.23. The molecular formula is C20H26N2O5S. The molecule has 2 rings (SSSR count). The number of methoxy groups -OCH3 is 1. The Morgan fingerprint density at radius 3 is 2.04 bits per heavy atom. The summed E-state index contributed by atoms with van der Waals surface area (Å²) in [6.45, 7) is 5.55. The zero-order chi connectivity index (χ0) is 20.9. The highest BCUT2D eigenvalue weighted by atomic mass is 32.2. The number of benzene rings is 2. The second kappa shape index (κ2) is 8.52. The highest BCUT2D eigenvalue weighted by molar-refractivity contribution is 7.92. The minimum atomic E-state index is -3.70. The molecule has 0 spiro atoms. The molecule has 0 fully saturated rings. The van der Waals surface area contributed by atoms with Crippen LogP contribution in [0.25, 0.3) is 0 Å². The number of carbonyl (C=O) groups excluding carboxylic acids is 1. The van der Waals surface area contributed by atoms with Crippen LogP contribution in [0.1, 0.15) is 20.8 Å². The number of ether oxygens (including phenoxy) is 2. The van der Waals surface area contributed by atoms with Crippen LogP contribution < -0.4 is 19.1 Å². The van der Waals surface area contributed by atoms with Gasteiger partial charge in [0.05, 0.1) is 17.7 Å². The average molecular weight is 407 g/mol. The van der Waals surface area contributed by atoms with Crippen LogP contribution >= 0.6 is 0 Å². The van der Waals surface area contributed by atoms with Crippen molar-refractivity contribution in [2.24, 2.45) is 0 Å². The Morgan fingerprint density at radius 1 is 1.00 bits per heavy atom. The monoisotopic (exact) mass is 406 g/mol. The van der Waals surface area contributed by atoms with Crippen molar-refractivity contribution in [1.82, 2.24) is 5.32 Å². The fourth-order valence-electron chi connectivity index (χ4n) is 2.40. The van der Waals surface area contributed by atoms with Crippen molar-refractivity contribution in [1.29, 1.82) is 0 Å². The number of rotatable bonds is 7. The molecule has 0 radical (unpaired) electrons. The van der Waals surface area contributed by atoms with Crippen LogP contribution in [0.4, 0.5) is 5.69 Å². The van der Waals surface area contributed by atoms with Crippen LogP contribution in [0.3, 0.4) is 0 Å². The van der Waals surface area contributed by atoms with Crippen molar-refractivity contribution in [2.75, 3.05) is 25.1 Å². The number of nitrogens with zero attached hydrogens (tertiary/aromatic N) is 1. The van der Waals surface area contributed by atoms with Gasteiger partial charge in [-0.1, -0.05) is 0 Å². The van der Waals surface area contributed by atoms with Crippen LogP contribution in [0.5, 0.6) is 11.5 Å². The van der Waals surface area contributed by atoms with Gasteiger partial charge in [0.1, 0.15) is 11.5 Å². The summed E-state index contributed by atoms with van der Waals surface area (Å²) in [7, 11) is -0.705. The molecule has 1 amide bonds. The van der Waals surface area contributed by atoms with Gasteiger partial charge in [0.25, 0.3) is 15.9 Å². The molecule has 2 aromatic carbocycles. The maximum atomic E-state index is 12.8. The molecule has 0 aliphatic rings. The van der Waals surface area contributed by atoms with Gasteiger partial charge < -0.3 is 14.8 Å². The summed E-state index contributed by atoms with van der Waals surface area (Å²) < 4.78 is 37.2. The number of nitrogens with one attached hydrogen (secondary N) is 1. The molecule has 1 N–H and O–H groups in total. The molecule has 8 heteroatoms. The van der Waals surface area contributed by atoms with E-state index in [-0.39, 0.29) is 22.9 Å². The third kappa shape index (κ3) is 5.63. The average Bonchev–Trinajstić information content (AvgIpc) is 2.65. The number of anilines is 1. The molecule has 0 bridgehead atoms. The summed E-state index contributed by atoms with van der Waals surface area (Å²) in [5.41, 5.74) is 0.144. The predicted molar refractivity (Wildman–Crippen MR) is 108 cm³/mol. The van der Waals surface area contributed by atoms with Gasteiger partial charge in [-0.15, -0.1) is 0 Å². The van der Waals surface area contributed by atoms with Crippen molar-refractivity contribution in [2.45, 2.75) is 31.2 Å². The number of amides is 1. The first kappa shape index (κ1) is 21.6. The van der Waals surface area contributed by atoms with Crippen molar-refractivity contribution < 1.29 is 22.7 Å². The molecule has 0 unspecified atom stereocenters. The summed E-state index contributed by atoms with van der Waals surface area (Å²) >= 11 is 0. The quantitative estimate of drug-likeness (QED) is 0.764. The lowest BCUT2D eigenvalue weighted by atomic mass is 10.1. The Labute approximate surface area is 166 Å². The van der Waals surface area contributed by atoms with Gasteiger partial charge in [0.2, 0.25) is 0 Å². The van der Waals surface area contributed by atoms with E-state index in [0.717, 1.165) is 0 Å². The summed E-state index contributed by atoms with van der Waals surface area (Å²) in [5.74, 6) is 0.831. The summed E-state index contributed by atoms with van der Waals surface area (Å²) in [4.78, 5) is 12.0. The Balaban J connectivity index is 2.06. The van der Waals surface area contributed by atoms with Gasteiger partial charge in [-0.3, -0.25) is 9.10 Å². The lowest BCUT2D eigenvalue weighted by Crippen LogP contribution is -2.43. The van der Waals surface area contributed by atoms with Gasteiger partial charge in [-0.05, 0) is 69.3 Å². The molecule has 0 saturated heterocycles. The predicted octanol–water partition coefficient (Wildman–Crippen LogP) is 2.81. The number of sulfonamides is 1. The lowest BCUT2D eigenvalue weighted by molar-refractivity contribution is -0.124. The molecule has 0 heterocycles. The van der Waals surface area contributed by atoms with Crippen molar-refractivity contribution in [3.63, 3.8) is 0 Å². The highest BCUT2D eigenvalue weighted by Crippen LogP contribution is 2.25. The molecule has 0 aliphatic carbocycles. The highest BCUT2D eigenvalue weighted by Gasteiger charge is 2.21. The molecular weight excluding hydrogens is 380 g/mol. The molecule has 0 aromatic heterocycles. The summed E-state index contributed by atoms with van der Waals surface area (Å²) in [5, 5.41) is 2.80. The van der Waals surface area contributed by atoms with E-state index < -0.39 is 10.0 Å². The zero-order valence-corrected chi connectivity index (χ0v) is 17.5. The van der Waals surface area contributed by atoms with Crippen molar-refractivity contribution in [3.05, 3.63) is 48.5 Å². The zero-order valence-electron chi connectivity index (χ0n) is 16.7. The molecule has 0 atom stereocenters. The third-order valence-corrected chi connectivity index (χ3v) is 5.60. The lowest BCUT2D eigenvalue weighted by Gasteiger charge is -2.21. The van der Waals surface area contributed by atoms with E-state index in [4.69, 9.17) is 9.47 Å². The van der Waals surface area contributed by atoms with E-state index in [2.05, 4.69) is 5.32 Å². The minimum Gasteiger partial charge on any atom is -0.497 e. The maximum Gasteiger partial charge on any atom is 0.264 e. The summed E-state index contributed by atoms with van der Waals surface area (Å²) in [6.07, 6.45) is 0. The summed E-state index contributed by atoms with van der Waals surface area (Å²) in [6, 6.07) is 12.7. The SMILES string of the molecule is COc1ccc(S(=O)(=O)N(C)c2ccc(OCC(=O)NC(C)(C)C)cc2)cc1. The Kier molecular flexibility index (Phi) is 6.56. The van der Waals surface area contributed by atoms with Gasteiger partial charge in [0.15, 0.2) is 6.61 Å². The fourth-order valence-corrected chi connectivity index (χ4v) is 3.60. The molecule has 2 aromatic rings. The Bertz CT molecular complexity index is 901. The number of hydrogen-bond donors (Lipinski definition) is 1. The Morgan fingerprint density at radius 2 is 1.54 bits per heavy atom. The standard InChI is InChI=1S/C20H26N2O5S/c1-20(2,3)21-19(23)14-27-17-8-6-15(7-9-17)22(4)28(24,25)18-12-10-16(26-5)11-13-18/h6-13H,14H2,1-5H3,(H,21,23). The smallest absolute Gasteiger partial charge is 0.264 e. The second-order valence-corrected chi connectivity index (χ2v) is 9.20. The number of carbonyl (C=O) groups is 1. The topological polar surface area (TPSA) is 84.9 Å². The first-order valence-corrected chi connectivity index (χ1v) is 10.1. The van der Waals surface area contributed by atoms with Crippen molar-refractivity contribution in [3.8, 4) is 11.5 Å². The van der Waals surface area contributed by atoms with E-state index >= 15 is 0 Å². The molecule has 7 nitrogen and oxygen atoms in total. The molecule has 28 heavy (non-hydrogen) atoms. The van der Waals surface area contributed by atoms with E-state index in [1.165, 1.54) is 30.6 Å². The fraction of sp³-hybridized carbons (Fsp3) is 0.350. The van der Waals surface area contributed by atoms with Crippen LogP contribution in [0.2, 0.25) is 0 Å². The number of hydrogen-bond acceptors (Lipinski definition) is 5. The van der Waals surface area contributed by atoms with Crippen LogP contribution in [0, 0.1) is 0 Å². The maximum absolute atomic E-state index is 12.8. The van der Waals surface area contributed by atoms with Gasteiger partial charge in [-0.2, -0.15) is 0 Å². The minimum absolute atomic E-state index is 0.114. The van der Waals surface area contributed by atoms with E-state index in [0.29, 0.717) is 17.2 Å². The van der Waals surface area contributed by atoms with Gasteiger partial charge in [0, 0.05) is 12.6 Å². The normalized spacial score (nSPS) is 11.6. The molecule has 152 valence electrons. The van der Waals surface area contributed by atoms with Gasteiger partial charge >= 0.3 is 0 Å². The van der Waals surface area contributed by atoms with Gasteiger partial charge in [-0.25, -0.2) is 8.42 Å². The van der Waals surface area contributed by atoms with E-state index in [9.17, 15) is 13.2 Å². The van der Waals surface area contributed by atoms with Crippen LogP contribution in [-0.4, -0.2) is 40.6 Å². The van der Waals surface area contributed by atoms with E-state index in [1.807, 2.05) is 20.8 Å². The van der Waals surface area contributed by atoms with E-state index in [1.54, 1.807) is 36.4 Å². The molecule has 0 aliphatic heterocycles. The van der Waals surface area contributed by atoms with Crippen molar-refractivity contribution >= 4 is 21.6 Å². The van der Waals surface area contributed by atoms with Crippen LogP contribution in [-0.2, 0) is 14.8 Å².